The maximum atomic E-state index is 13.9. The summed E-state index contributed by atoms with van der Waals surface area (Å²) in [6.07, 6.45) is -0.167. The van der Waals surface area contributed by atoms with Gasteiger partial charge >= 0.3 is 5.97 Å². The lowest BCUT2D eigenvalue weighted by atomic mass is 9.92. The fraction of sp³-hybridized carbons (Fsp3) is 0.483. The van der Waals surface area contributed by atoms with E-state index in [2.05, 4.69) is 0 Å². The molecule has 8 rings (SSSR count). The second kappa shape index (κ2) is 9.66. The average Bonchev–Trinajstić information content (AvgIpc) is 3.39. The molecule has 6 aliphatic rings. The Balaban J connectivity index is 1.16. The van der Waals surface area contributed by atoms with Crippen LogP contribution in [0.25, 0.3) is 10.8 Å². The van der Waals surface area contributed by atoms with E-state index < -0.39 is 39.3 Å². The summed E-state index contributed by atoms with van der Waals surface area (Å²) in [5.41, 5.74) is 6.87. The van der Waals surface area contributed by atoms with Crippen molar-refractivity contribution in [3.8, 4) is 0 Å². The molecule has 0 aromatic heterocycles. The summed E-state index contributed by atoms with van der Waals surface area (Å²) in [4.78, 5) is 38.1. The van der Waals surface area contributed by atoms with Gasteiger partial charge in [-0.1, -0.05) is 30.0 Å². The van der Waals surface area contributed by atoms with E-state index >= 15 is 0 Å². The number of thioether (sulfide) groups is 1. The van der Waals surface area contributed by atoms with Crippen LogP contribution in [-0.4, -0.2) is 121 Å². The van der Waals surface area contributed by atoms with Crippen LogP contribution in [0.4, 0.5) is 5.69 Å². The van der Waals surface area contributed by atoms with Gasteiger partial charge in [-0.05, 0) is 30.0 Å². The Kier molecular flexibility index (Phi) is 6.43. The molecule has 2 bridgehead atoms. The van der Waals surface area contributed by atoms with E-state index in [1.807, 2.05) is 18.2 Å². The van der Waals surface area contributed by atoms with Crippen molar-refractivity contribution in [1.29, 1.82) is 0 Å². The second-order valence-corrected chi connectivity index (χ2v) is 15.7. The molecule has 3 atom stereocenters. The first kappa shape index (κ1) is 28.6. The van der Waals surface area contributed by atoms with Gasteiger partial charge in [-0.15, -0.1) is 0 Å². The van der Waals surface area contributed by atoms with Crippen molar-refractivity contribution in [2.24, 2.45) is 11.7 Å². The van der Waals surface area contributed by atoms with Gasteiger partial charge in [0.05, 0.1) is 35.7 Å². The molecule has 6 heterocycles. The number of aliphatic hydroxyl groups excluding tert-OH is 1. The number of fused-ring (bicyclic) bond motifs is 4. The summed E-state index contributed by atoms with van der Waals surface area (Å²) in [5, 5.41) is 21.0. The number of carboxylic acid groups (broad SMARTS) is 1. The summed E-state index contributed by atoms with van der Waals surface area (Å²) >= 11 is 1.14. The number of benzene rings is 2. The number of amides is 2. The number of β-lactam (4-membered cyclic amide) rings is 1. The third-order valence-electron chi connectivity index (χ3n) is 10.3. The normalized spacial score (nSPS) is 31.0. The van der Waals surface area contributed by atoms with Crippen molar-refractivity contribution in [2.45, 2.75) is 29.7 Å². The summed E-state index contributed by atoms with van der Waals surface area (Å²) < 4.78 is 30.7. The van der Waals surface area contributed by atoms with Crippen molar-refractivity contribution < 1.29 is 42.0 Å². The predicted octanol–water partition coefficient (Wildman–Crippen LogP) is 0.245. The maximum absolute atomic E-state index is 13.9. The van der Waals surface area contributed by atoms with E-state index in [0.29, 0.717) is 17.6 Å². The number of sulfonamides is 1. The number of aliphatic hydroxyl groups is 1. The number of hydrogen-bond acceptors (Lipinski definition) is 7. The molecule has 228 valence electrons. The summed E-state index contributed by atoms with van der Waals surface area (Å²) in [5.74, 6) is -2.75. The minimum absolute atomic E-state index is 0.194. The lowest BCUT2D eigenvalue weighted by molar-refractivity contribution is -1.08. The number of carbonyl (C=O) groups is 3. The van der Waals surface area contributed by atoms with Gasteiger partial charge in [0.15, 0.2) is 6.54 Å². The van der Waals surface area contributed by atoms with Gasteiger partial charge in [-0.3, -0.25) is 18.8 Å². The summed E-state index contributed by atoms with van der Waals surface area (Å²) in [7, 11) is -3.98. The fourth-order valence-electron chi connectivity index (χ4n) is 7.77. The highest BCUT2D eigenvalue weighted by Crippen LogP contribution is 2.52. The average molecular weight is 630 g/mol. The molecule has 4 N–H and O–H groups in total. The van der Waals surface area contributed by atoms with Crippen LogP contribution in [0.1, 0.15) is 12.5 Å². The smallest absolute Gasteiger partial charge is 0.353 e. The number of rotatable bonds is 9. The van der Waals surface area contributed by atoms with E-state index in [4.69, 9.17) is 5.73 Å². The molecule has 0 saturated carbocycles. The Morgan fingerprint density at radius 3 is 2.40 bits per heavy atom. The minimum Gasteiger partial charge on any atom is -0.477 e. The number of quaternary nitrogens is 2. The van der Waals surface area contributed by atoms with E-state index in [1.165, 1.54) is 16.1 Å². The lowest BCUT2D eigenvalue weighted by Gasteiger charge is -2.55. The van der Waals surface area contributed by atoms with Crippen molar-refractivity contribution in [2.75, 3.05) is 63.2 Å². The number of primary amides is 1. The van der Waals surface area contributed by atoms with Crippen LogP contribution in [0.3, 0.4) is 0 Å². The number of nitrogens with zero attached hydrogens (tertiary/aromatic N) is 4. The SMILES string of the molecule is CC(O)C1C(=O)N2C(C(=O)O)=C(CN3c4cccc5c(CC[N+]67CC[N+](CC(N)=O)(CC6)CC7)ccc(c45)S3(=O)=O)SC12. The molecule has 0 radical (unpaired) electrons. The number of nitrogens with two attached hydrogens (primary N) is 1. The number of piperazine rings is 3. The van der Waals surface area contributed by atoms with Gasteiger partial charge in [0.1, 0.15) is 50.3 Å². The Morgan fingerprint density at radius 2 is 1.77 bits per heavy atom. The molecule has 0 spiro atoms. The molecule has 0 aliphatic carbocycles. The predicted molar refractivity (Wildman–Crippen MR) is 159 cm³/mol. The molecular weight excluding hydrogens is 594 g/mol. The first-order chi connectivity index (χ1) is 20.4. The second-order valence-electron chi connectivity index (χ2n) is 12.6. The van der Waals surface area contributed by atoms with E-state index in [9.17, 15) is 33.0 Å². The molecule has 3 unspecified atom stereocenters. The molecule has 4 saturated heterocycles. The molecule has 4 fully saturated rings. The van der Waals surface area contributed by atoms with E-state index in [0.717, 1.165) is 83.9 Å². The minimum atomic E-state index is -3.98. The molecule has 2 aromatic rings. The van der Waals surface area contributed by atoms with Crippen molar-refractivity contribution in [3.05, 3.63) is 46.5 Å². The number of carbonyl (C=O) groups excluding carboxylic acids is 2. The number of hydrogen-bond donors (Lipinski definition) is 3. The van der Waals surface area contributed by atoms with Crippen LogP contribution in [0.5, 0.6) is 0 Å². The standard InChI is InChI=1S/C29H33N5O7S2/c1-17(35)24-27(37)32-26(29(38)39)21(42-28(24)32)15-31-20-4-2-3-19-18(5-6-22(25(19)20)43(31,40)41)7-8-33-9-12-34(13-10-33,14-11-33)16-23(30)36/h2-6,17,24,28,35H,7-16H2,1H3,(H-2,30,36,38,39)/p+2. The van der Waals surface area contributed by atoms with Crippen LogP contribution < -0.4 is 10.0 Å². The molecule has 12 nitrogen and oxygen atoms in total. The lowest BCUT2D eigenvalue weighted by Crippen LogP contribution is -2.76. The zero-order valence-electron chi connectivity index (χ0n) is 23.8. The molecule has 6 aliphatic heterocycles. The quantitative estimate of drug-likeness (QED) is 0.263. The summed E-state index contributed by atoms with van der Waals surface area (Å²) in [6.45, 7) is 8.40. The summed E-state index contributed by atoms with van der Waals surface area (Å²) in [6, 6.07) is 9.07. The van der Waals surface area contributed by atoms with Crippen molar-refractivity contribution >= 4 is 56.0 Å². The zero-order valence-corrected chi connectivity index (χ0v) is 25.4. The van der Waals surface area contributed by atoms with Gasteiger partial charge in [0.25, 0.3) is 15.9 Å². The highest BCUT2D eigenvalue weighted by atomic mass is 32.2. The molecule has 2 aromatic carbocycles. The largest absolute Gasteiger partial charge is 0.477 e. The molecule has 2 amide bonds. The van der Waals surface area contributed by atoms with Crippen molar-refractivity contribution in [3.63, 3.8) is 0 Å². The van der Waals surface area contributed by atoms with Gasteiger partial charge in [0, 0.05) is 16.7 Å². The Labute approximate surface area is 253 Å². The van der Waals surface area contributed by atoms with Gasteiger partial charge in [-0.25, -0.2) is 13.2 Å². The van der Waals surface area contributed by atoms with Crippen LogP contribution >= 0.6 is 11.8 Å². The van der Waals surface area contributed by atoms with Gasteiger partial charge in [0.2, 0.25) is 5.91 Å². The Morgan fingerprint density at radius 1 is 1.09 bits per heavy atom. The number of carboxylic acids is 1. The molecular formula is C29H35N5O7S2+2. The third kappa shape index (κ3) is 4.21. The fourth-order valence-corrected chi connectivity index (χ4v) is 11.1. The third-order valence-corrected chi connectivity index (χ3v) is 13.4. The van der Waals surface area contributed by atoms with Crippen LogP contribution in [0.2, 0.25) is 0 Å². The van der Waals surface area contributed by atoms with Crippen LogP contribution in [0, 0.1) is 5.92 Å². The Hall–Kier alpha value is -3.17. The van der Waals surface area contributed by atoms with Crippen LogP contribution in [0.15, 0.2) is 45.8 Å². The first-order valence-corrected chi connectivity index (χ1v) is 16.9. The van der Waals surface area contributed by atoms with Crippen molar-refractivity contribution in [1.82, 2.24) is 4.90 Å². The van der Waals surface area contributed by atoms with Gasteiger partial charge < -0.3 is 24.9 Å². The zero-order chi connectivity index (χ0) is 30.5. The van der Waals surface area contributed by atoms with Gasteiger partial charge in [-0.2, -0.15) is 0 Å². The monoisotopic (exact) mass is 629 g/mol. The Bertz CT molecular complexity index is 1720. The maximum Gasteiger partial charge on any atom is 0.353 e. The number of aliphatic carboxylic acids is 1. The molecule has 14 heteroatoms. The van der Waals surface area contributed by atoms with E-state index in [1.54, 1.807) is 12.1 Å². The highest BCUT2D eigenvalue weighted by Gasteiger charge is 2.58. The first-order valence-electron chi connectivity index (χ1n) is 14.6. The molecule has 43 heavy (non-hydrogen) atoms. The van der Waals surface area contributed by atoms with E-state index in [-0.39, 0.29) is 27.9 Å². The number of anilines is 1. The topological polar surface area (TPSA) is 158 Å². The highest BCUT2D eigenvalue weighted by molar-refractivity contribution is 8.04. The van der Waals surface area contributed by atoms with Crippen LogP contribution in [-0.2, 0) is 30.8 Å².